The maximum Gasteiger partial charge on any atom is 0.321 e. The van der Waals surface area contributed by atoms with Crippen molar-refractivity contribution in [2.45, 2.75) is 12.8 Å². The molecule has 132 valence electrons. The lowest BCUT2D eigenvalue weighted by atomic mass is 10.1. The fourth-order valence-electron chi connectivity index (χ4n) is 3.06. The summed E-state index contributed by atoms with van der Waals surface area (Å²) in [5, 5.41) is 2.82. The van der Waals surface area contributed by atoms with Crippen molar-refractivity contribution in [3.63, 3.8) is 0 Å². The van der Waals surface area contributed by atoms with Crippen LogP contribution in [0.25, 0.3) is 0 Å². The van der Waals surface area contributed by atoms with Crippen molar-refractivity contribution in [3.05, 3.63) is 66.0 Å². The fraction of sp³-hybridized carbons (Fsp3) is 0.350. The van der Waals surface area contributed by atoms with E-state index in [0.717, 1.165) is 45.6 Å². The highest BCUT2D eigenvalue weighted by Crippen LogP contribution is 2.11. The van der Waals surface area contributed by atoms with E-state index in [-0.39, 0.29) is 11.8 Å². The molecule has 0 saturated carbocycles. The summed E-state index contributed by atoms with van der Waals surface area (Å²) in [7, 11) is 0. The van der Waals surface area contributed by atoms with Gasteiger partial charge in [0.2, 0.25) is 0 Å². The van der Waals surface area contributed by atoms with Gasteiger partial charge in [-0.2, -0.15) is 0 Å². The number of piperazine rings is 1. The van der Waals surface area contributed by atoms with Gasteiger partial charge >= 0.3 is 6.03 Å². The molecule has 0 bridgehead atoms. The molecule has 0 aliphatic carbocycles. The standard InChI is InChI=1S/C20H24FN3O/c21-18-8-10-19(11-9-18)22-20(25)24-15-13-23(14-16-24)12-4-7-17-5-2-1-3-6-17/h1-3,5-6,8-11H,4,7,12-16H2,(H,22,25). The minimum atomic E-state index is -0.304. The maximum absolute atomic E-state index is 12.9. The molecule has 5 heteroatoms. The number of carbonyl (C=O) groups is 1. The molecule has 0 aromatic heterocycles. The second-order valence-corrected chi connectivity index (χ2v) is 6.35. The van der Waals surface area contributed by atoms with Gasteiger partial charge in [-0.1, -0.05) is 30.3 Å². The van der Waals surface area contributed by atoms with E-state index in [1.807, 2.05) is 11.0 Å². The van der Waals surface area contributed by atoms with Gasteiger partial charge in [0.1, 0.15) is 5.82 Å². The summed E-state index contributed by atoms with van der Waals surface area (Å²) < 4.78 is 12.9. The molecule has 0 atom stereocenters. The molecule has 2 aromatic carbocycles. The summed E-state index contributed by atoms with van der Waals surface area (Å²) in [6, 6.07) is 16.3. The largest absolute Gasteiger partial charge is 0.322 e. The summed E-state index contributed by atoms with van der Waals surface area (Å²) in [6.07, 6.45) is 2.22. The molecule has 25 heavy (non-hydrogen) atoms. The van der Waals surface area contributed by atoms with E-state index < -0.39 is 0 Å². The molecule has 0 radical (unpaired) electrons. The van der Waals surface area contributed by atoms with Crippen LogP contribution in [0.5, 0.6) is 0 Å². The van der Waals surface area contributed by atoms with Gasteiger partial charge in [0.15, 0.2) is 0 Å². The molecule has 1 aliphatic heterocycles. The van der Waals surface area contributed by atoms with Gasteiger partial charge in [-0.05, 0) is 49.2 Å². The third kappa shape index (κ3) is 5.29. The predicted molar refractivity (Wildman–Crippen MR) is 98.2 cm³/mol. The third-order valence-corrected chi connectivity index (χ3v) is 4.54. The SMILES string of the molecule is O=C(Nc1ccc(F)cc1)N1CCN(CCCc2ccccc2)CC1. The summed E-state index contributed by atoms with van der Waals surface area (Å²) in [4.78, 5) is 16.5. The highest BCUT2D eigenvalue weighted by atomic mass is 19.1. The Labute approximate surface area is 148 Å². The molecule has 1 aliphatic rings. The molecule has 3 rings (SSSR count). The number of halogens is 1. The van der Waals surface area contributed by atoms with Gasteiger partial charge in [0.05, 0.1) is 0 Å². The first-order chi connectivity index (χ1) is 12.2. The van der Waals surface area contributed by atoms with Crippen molar-refractivity contribution in [1.29, 1.82) is 0 Å². The summed E-state index contributed by atoms with van der Waals surface area (Å²) in [5.74, 6) is -0.304. The fourth-order valence-corrected chi connectivity index (χ4v) is 3.06. The van der Waals surface area contributed by atoms with Crippen molar-refractivity contribution in [2.75, 3.05) is 38.0 Å². The summed E-state index contributed by atoms with van der Waals surface area (Å²) in [5.41, 5.74) is 2.00. The molecule has 1 fully saturated rings. The van der Waals surface area contributed by atoms with Gasteiger partial charge in [-0.25, -0.2) is 9.18 Å². The number of aryl methyl sites for hydroxylation is 1. The van der Waals surface area contributed by atoms with Crippen LogP contribution in [0.2, 0.25) is 0 Å². The second-order valence-electron chi connectivity index (χ2n) is 6.35. The topological polar surface area (TPSA) is 35.6 Å². The Morgan fingerprint density at radius 1 is 0.960 bits per heavy atom. The molecule has 1 heterocycles. The van der Waals surface area contributed by atoms with Crippen molar-refractivity contribution in [2.24, 2.45) is 0 Å². The Bertz CT molecular complexity index is 667. The summed E-state index contributed by atoms with van der Waals surface area (Å²) in [6.45, 7) is 4.29. The number of urea groups is 1. The van der Waals surface area contributed by atoms with Gasteiger partial charge in [0.25, 0.3) is 0 Å². The van der Waals surface area contributed by atoms with Gasteiger partial charge < -0.3 is 10.2 Å². The number of hydrogen-bond acceptors (Lipinski definition) is 2. The normalized spacial score (nSPS) is 15.2. The number of carbonyl (C=O) groups excluding carboxylic acids is 1. The minimum absolute atomic E-state index is 0.115. The summed E-state index contributed by atoms with van der Waals surface area (Å²) >= 11 is 0. The number of rotatable bonds is 5. The van der Waals surface area contributed by atoms with Gasteiger partial charge in [0, 0.05) is 31.9 Å². The number of nitrogens with zero attached hydrogens (tertiary/aromatic N) is 2. The molecule has 1 saturated heterocycles. The molecule has 2 aromatic rings. The predicted octanol–water partition coefficient (Wildman–Crippen LogP) is 3.61. The molecular formula is C20H24FN3O. The zero-order valence-corrected chi connectivity index (χ0v) is 14.3. The van der Waals surface area contributed by atoms with Crippen LogP contribution < -0.4 is 5.32 Å². The van der Waals surface area contributed by atoms with Crippen molar-refractivity contribution >= 4 is 11.7 Å². The number of nitrogens with one attached hydrogen (secondary N) is 1. The van der Waals surface area contributed by atoms with E-state index in [4.69, 9.17) is 0 Å². The van der Waals surface area contributed by atoms with E-state index in [1.165, 1.54) is 17.7 Å². The quantitative estimate of drug-likeness (QED) is 0.902. The first kappa shape index (κ1) is 17.4. The zero-order chi connectivity index (χ0) is 17.5. The van der Waals surface area contributed by atoms with Crippen LogP contribution in [0.4, 0.5) is 14.9 Å². The molecular weight excluding hydrogens is 317 g/mol. The average molecular weight is 341 g/mol. The first-order valence-corrected chi connectivity index (χ1v) is 8.78. The highest BCUT2D eigenvalue weighted by molar-refractivity contribution is 5.89. The van der Waals surface area contributed by atoms with Crippen molar-refractivity contribution in [1.82, 2.24) is 9.80 Å². The monoisotopic (exact) mass is 341 g/mol. The molecule has 4 nitrogen and oxygen atoms in total. The van der Waals surface area contributed by atoms with Crippen LogP contribution in [0.3, 0.4) is 0 Å². The molecule has 0 spiro atoms. The first-order valence-electron chi connectivity index (χ1n) is 8.78. The number of hydrogen-bond donors (Lipinski definition) is 1. The van der Waals surface area contributed by atoms with Crippen molar-refractivity contribution in [3.8, 4) is 0 Å². The second kappa shape index (κ2) is 8.62. The zero-order valence-electron chi connectivity index (χ0n) is 14.3. The molecule has 2 amide bonds. The van der Waals surface area contributed by atoms with E-state index in [1.54, 1.807) is 12.1 Å². The smallest absolute Gasteiger partial charge is 0.321 e. The maximum atomic E-state index is 12.9. The van der Waals surface area contributed by atoms with Crippen molar-refractivity contribution < 1.29 is 9.18 Å². The van der Waals surface area contributed by atoms with Crippen LogP contribution in [0.1, 0.15) is 12.0 Å². The van der Waals surface area contributed by atoms with E-state index in [0.29, 0.717) is 5.69 Å². The molecule has 1 N–H and O–H groups in total. The number of anilines is 1. The lowest BCUT2D eigenvalue weighted by molar-refractivity contribution is 0.146. The number of benzene rings is 2. The van der Waals surface area contributed by atoms with Crippen LogP contribution in [0, 0.1) is 5.82 Å². The van der Waals surface area contributed by atoms with Crippen LogP contribution >= 0.6 is 0 Å². The van der Waals surface area contributed by atoms with Crippen LogP contribution in [-0.4, -0.2) is 48.6 Å². The van der Waals surface area contributed by atoms with E-state index >= 15 is 0 Å². The Kier molecular flexibility index (Phi) is 6.01. The average Bonchev–Trinajstić information content (AvgIpc) is 2.65. The highest BCUT2D eigenvalue weighted by Gasteiger charge is 2.20. The molecule has 0 unspecified atom stereocenters. The lowest BCUT2D eigenvalue weighted by Crippen LogP contribution is -2.50. The van der Waals surface area contributed by atoms with Gasteiger partial charge in [-0.3, -0.25) is 4.90 Å². The third-order valence-electron chi connectivity index (χ3n) is 4.54. The van der Waals surface area contributed by atoms with Crippen LogP contribution in [-0.2, 0) is 6.42 Å². The Balaban J connectivity index is 1.37. The Morgan fingerprint density at radius 3 is 2.32 bits per heavy atom. The van der Waals surface area contributed by atoms with E-state index in [9.17, 15) is 9.18 Å². The lowest BCUT2D eigenvalue weighted by Gasteiger charge is -2.34. The van der Waals surface area contributed by atoms with Gasteiger partial charge in [-0.15, -0.1) is 0 Å². The minimum Gasteiger partial charge on any atom is -0.322 e. The van der Waals surface area contributed by atoms with Crippen LogP contribution in [0.15, 0.2) is 54.6 Å². The Hall–Kier alpha value is -2.40. The van der Waals surface area contributed by atoms with E-state index in [2.05, 4.69) is 34.5 Å². The Morgan fingerprint density at radius 2 is 1.64 bits per heavy atom. The number of amides is 2.